The number of rotatable bonds is 9. The van der Waals surface area contributed by atoms with Gasteiger partial charge in [0.1, 0.15) is 12.4 Å². The number of para-hydroxylation sites is 1. The highest BCUT2D eigenvalue weighted by Gasteiger charge is 2.30. The maximum atomic E-state index is 13.4. The molecule has 0 aliphatic carbocycles. The number of fused-ring (bicyclic) bond motifs is 1. The molecule has 198 valence electrons. The molecule has 1 heterocycles. The van der Waals surface area contributed by atoms with Crippen molar-refractivity contribution in [3.05, 3.63) is 91.4 Å². The Kier molecular flexibility index (Phi) is 9.52. The molecule has 11 heteroatoms. The number of carbonyl (C=O) groups is 2. The molecule has 3 N–H and O–H groups in total. The average Bonchev–Trinajstić information content (AvgIpc) is 3.00. The van der Waals surface area contributed by atoms with E-state index in [0.29, 0.717) is 51.5 Å². The van der Waals surface area contributed by atoms with Crippen LogP contribution in [0.25, 0.3) is 0 Å². The van der Waals surface area contributed by atoms with E-state index in [2.05, 4.69) is 27.9 Å². The molecule has 1 aliphatic heterocycles. The number of carbonyl (C=O) groups excluding carboxylic acids is 2. The predicted molar refractivity (Wildman–Crippen MR) is 154 cm³/mol. The second-order valence-corrected chi connectivity index (χ2v) is 10.1. The summed E-state index contributed by atoms with van der Waals surface area (Å²) in [6, 6.07) is 14.9. The molecule has 1 unspecified atom stereocenters. The van der Waals surface area contributed by atoms with Gasteiger partial charge in [-0.15, -0.1) is 0 Å². The van der Waals surface area contributed by atoms with Crippen molar-refractivity contribution in [3.63, 3.8) is 0 Å². The van der Waals surface area contributed by atoms with Crippen LogP contribution in [0.3, 0.4) is 0 Å². The normalized spacial score (nSPS) is 14.7. The quantitative estimate of drug-likeness (QED) is 0.257. The second kappa shape index (κ2) is 12.8. The summed E-state index contributed by atoms with van der Waals surface area (Å²) in [6.45, 7) is 3.88. The van der Waals surface area contributed by atoms with E-state index in [4.69, 9.17) is 51.1 Å². The minimum Gasteiger partial charge on any atom is -0.491 e. The average molecular weight is 594 g/mol. The van der Waals surface area contributed by atoms with Crippen LogP contribution in [0.5, 0.6) is 5.75 Å². The minimum absolute atomic E-state index is 0.168. The van der Waals surface area contributed by atoms with Crippen LogP contribution in [-0.4, -0.2) is 43.4 Å². The summed E-state index contributed by atoms with van der Waals surface area (Å²) in [5, 5.41) is 9.92. The molecule has 0 saturated heterocycles. The molecule has 0 bridgehead atoms. The molecule has 3 aromatic rings. The van der Waals surface area contributed by atoms with E-state index in [0.717, 1.165) is 13.0 Å². The molecule has 0 radical (unpaired) electrons. The first-order valence-electron chi connectivity index (χ1n) is 11.9. The molecule has 1 aliphatic rings. The Balaban J connectivity index is 1.68. The summed E-state index contributed by atoms with van der Waals surface area (Å²) in [7, 11) is 0. The number of aliphatic imine (C=N–C) groups is 1. The first kappa shape index (κ1) is 28.2. The Morgan fingerprint density at radius 2 is 1.74 bits per heavy atom. The van der Waals surface area contributed by atoms with Crippen molar-refractivity contribution in [2.75, 3.05) is 25.0 Å². The van der Waals surface area contributed by atoms with Crippen molar-refractivity contribution < 1.29 is 14.3 Å². The summed E-state index contributed by atoms with van der Waals surface area (Å²) in [4.78, 5) is 31.2. The topological polar surface area (TPSA) is 91.8 Å². The van der Waals surface area contributed by atoms with E-state index in [1.54, 1.807) is 36.4 Å². The summed E-state index contributed by atoms with van der Waals surface area (Å²) in [5.74, 6) is -0.808. The largest absolute Gasteiger partial charge is 0.491 e. The van der Waals surface area contributed by atoms with Crippen molar-refractivity contribution in [2.45, 2.75) is 19.5 Å². The highest BCUT2D eigenvalue weighted by Crippen LogP contribution is 2.34. The third kappa shape index (κ3) is 6.60. The zero-order valence-electron chi connectivity index (χ0n) is 20.3. The van der Waals surface area contributed by atoms with Crippen molar-refractivity contribution >= 4 is 69.6 Å². The Hall–Kier alpha value is -2.81. The molecule has 0 spiro atoms. The van der Waals surface area contributed by atoms with Crippen LogP contribution in [0.2, 0.25) is 20.1 Å². The lowest BCUT2D eigenvalue weighted by atomic mass is 10.0. The van der Waals surface area contributed by atoms with Gasteiger partial charge in [-0.1, -0.05) is 71.5 Å². The number of amides is 2. The molecule has 0 aromatic heterocycles. The highest BCUT2D eigenvalue weighted by atomic mass is 35.5. The maximum Gasteiger partial charge on any atom is 0.269 e. The number of nitrogens with one attached hydrogen (secondary N) is 3. The Morgan fingerprint density at radius 3 is 2.47 bits per heavy atom. The van der Waals surface area contributed by atoms with Gasteiger partial charge in [-0.2, -0.15) is 0 Å². The van der Waals surface area contributed by atoms with Crippen LogP contribution in [0.15, 0.2) is 59.6 Å². The fraction of sp³-hybridized carbons (Fsp3) is 0.222. The van der Waals surface area contributed by atoms with Crippen LogP contribution in [0.4, 0.5) is 5.69 Å². The van der Waals surface area contributed by atoms with Crippen LogP contribution in [0.1, 0.15) is 34.8 Å². The van der Waals surface area contributed by atoms with Gasteiger partial charge in [0.2, 0.25) is 6.17 Å². The Labute approximate surface area is 240 Å². The lowest BCUT2D eigenvalue weighted by Crippen LogP contribution is -2.42. The van der Waals surface area contributed by atoms with Gasteiger partial charge < -0.3 is 20.7 Å². The molecule has 7 nitrogen and oxygen atoms in total. The van der Waals surface area contributed by atoms with Crippen molar-refractivity contribution in [1.82, 2.24) is 10.6 Å². The molecule has 0 fully saturated rings. The SMILES string of the molecule is CCCNCCOc1ccc(Cl)cc1C(=O)NC1N=C(c2c(Cl)cc(Cl)cc2Cl)c2ccccc2NC1=O. The van der Waals surface area contributed by atoms with Gasteiger partial charge >= 0.3 is 0 Å². The zero-order valence-corrected chi connectivity index (χ0v) is 23.3. The number of hydrogen-bond acceptors (Lipinski definition) is 5. The number of hydrogen-bond donors (Lipinski definition) is 3. The van der Waals surface area contributed by atoms with E-state index in [9.17, 15) is 9.59 Å². The molecule has 1 atom stereocenters. The lowest BCUT2D eigenvalue weighted by Gasteiger charge is -2.16. The van der Waals surface area contributed by atoms with Crippen LogP contribution >= 0.6 is 46.4 Å². The monoisotopic (exact) mass is 592 g/mol. The third-order valence-corrected chi connectivity index (χ3v) is 6.66. The summed E-state index contributed by atoms with van der Waals surface area (Å²) in [5.41, 5.74) is 1.94. The first-order chi connectivity index (χ1) is 18.3. The fourth-order valence-electron chi connectivity index (χ4n) is 3.86. The number of ether oxygens (including phenoxy) is 1. The minimum atomic E-state index is -1.31. The first-order valence-corrected chi connectivity index (χ1v) is 13.4. The van der Waals surface area contributed by atoms with Crippen molar-refractivity contribution in [3.8, 4) is 5.75 Å². The fourth-order valence-corrected chi connectivity index (χ4v) is 5.03. The van der Waals surface area contributed by atoms with Gasteiger partial charge in [0.05, 0.1) is 27.0 Å². The smallest absolute Gasteiger partial charge is 0.269 e. The Bertz CT molecular complexity index is 1370. The van der Waals surface area contributed by atoms with E-state index < -0.39 is 18.0 Å². The predicted octanol–water partition coefficient (Wildman–Crippen LogP) is 6.22. The van der Waals surface area contributed by atoms with Gasteiger partial charge in [-0.3, -0.25) is 9.59 Å². The molecule has 2 amide bonds. The molecular weight excluding hydrogens is 570 g/mol. The summed E-state index contributed by atoms with van der Waals surface area (Å²) in [6.07, 6.45) is -0.317. The number of benzene rings is 3. The van der Waals surface area contributed by atoms with E-state index >= 15 is 0 Å². The zero-order chi connectivity index (χ0) is 27.2. The van der Waals surface area contributed by atoms with Crippen molar-refractivity contribution in [1.29, 1.82) is 0 Å². The molecular formula is C27H24Cl4N4O3. The number of benzodiazepines with no additional fused rings is 1. The van der Waals surface area contributed by atoms with Crippen LogP contribution < -0.4 is 20.7 Å². The lowest BCUT2D eigenvalue weighted by molar-refractivity contribution is -0.117. The van der Waals surface area contributed by atoms with Gasteiger partial charge in [-0.05, 0) is 49.4 Å². The standard InChI is InChI=1S/C27H24Cl4N4O3/c1-2-9-32-10-11-38-22-8-7-15(28)12-18(22)26(36)35-25-27(37)33-21-6-4-3-5-17(21)24(34-25)23-19(30)13-16(29)14-20(23)31/h3-8,12-14,25,32H,2,9-11H2,1H3,(H,33,37)(H,35,36). The van der Waals surface area contributed by atoms with Crippen LogP contribution in [0, 0.1) is 0 Å². The van der Waals surface area contributed by atoms with Gasteiger partial charge in [0.25, 0.3) is 11.8 Å². The number of nitrogens with zero attached hydrogens (tertiary/aromatic N) is 1. The molecule has 0 saturated carbocycles. The molecule has 4 rings (SSSR count). The van der Waals surface area contributed by atoms with Crippen LogP contribution in [-0.2, 0) is 4.79 Å². The van der Waals surface area contributed by atoms with Gasteiger partial charge in [-0.25, -0.2) is 4.99 Å². The number of halogens is 4. The Morgan fingerprint density at radius 1 is 1.00 bits per heavy atom. The molecule has 3 aromatic carbocycles. The maximum absolute atomic E-state index is 13.4. The summed E-state index contributed by atoms with van der Waals surface area (Å²) < 4.78 is 5.82. The van der Waals surface area contributed by atoms with Gasteiger partial charge in [0.15, 0.2) is 0 Å². The van der Waals surface area contributed by atoms with E-state index in [1.165, 1.54) is 18.2 Å². The number of anilines is 1. The molecule has 38 heavy (non-hydrogen) atoms. The third-order valence-electron chi connectivity index (χ3n) is 5.61. The second-order valence-electron chi connectivity index (χ2n) is 8.37. The van der Waals surface area contributed by atoms with E-state index in [-0.39, 0.29) is 15.6 Å². The highest BCUT2D eigenvalue weighted by molar-refractivity contribution is 6.44. The van der Waals surface area contributed by atoms with Gasteiger partial charge in [0, 0.05) is 27.7 Å². The van der Waals surface area contributed by atoms with E-state index in [1.807, 2.05) is 0 Å². The summed E-state index contributed by atoms with van der Waals surface area (Å²) >= 11 is 25.3. The van der Waals surface area contributed by atoms with Crippen molar-refractivity contribution in [2.24, 2.45) is 4.99 Å².